The maximum atomic E-state index is 8.64. The SMILES string of the molecule is N#C/C(=C\[Se])c1ccccc1.[Au].[C-]#[N+]/C(=C\[Se])c1ccccc1. The molecule has 0 aliphatic heterocycles. The molecule has 3 radical (unpaired) electrons. The van der Waals surface area contributed by atoms with Crippen LogP contribution in [0.5, 0.6) is 0 Å². The van der Waals surface area contributed by atoms with Crippen molar-refractivity contribution in [2.75, 3.05) is 0 Å². The Morgan fingerprint density at radius 3 is 1.74 bits per heavy atom. The van der Waals surface area contributed by atoms with Gasteiger partial charge in [0.25, 0.3) is 0 Å². The molecule has 0 aliphatic rings. The van der Waals surface area contributed by atoms with Crippen LogP contribution in [0.2, 0.25) is 0 Å². The number of nitrogens with zero attached hydrogens (tertiary/aromatic N) is 2. The Hall–Kier alpha value is -1.32. The standard InChI is InChI=1S/2C9H6NSe.Au/c1-10-9(7-11)8-5-3-2-4-6-8;10-6-9(7-11)8-4-2-1-3-5-8;/h2-7H;1-5,7H;/b9-7-;9-7+;. The van der Waals surface area contributed by atoms with Gasteiger partial charge in [-0.3, -0.25) is 0 Å². The van der Waals surface area contributed by atoms with E-state index in [-0.39, 0.29) is 22.4 Å². The van der Waals surface area contributed by atoms with Crippen LogP contribution in [0.15, 0.2) is 70.6 Å². The van der Waals surface area contributed by atoms with E-state index in [1.54, 1.807) is 9.95 Å². The minimum absolute atomic E-state index is 0. The number of nitriles is 1. The molecule has 0 amide bonds. The van der Waals surface area contributed by atoms with Gasteiger partial charge in [-0.25, -0.2) is 0 Å². The molecule has 2 aromatic rings. The van der Waals surface area contributed by atoms with Crippen molar-refractivity contribution >= 4 is 43.3 Å². The van der Waals surface area contributed by atoms with Crippen LogP contribution < -0.4 is 0 Å². The molecule has 0 bridgehead atoms. The molecule has 117 valence electrons. The summed E-state index contributed by atoms with van der Waals surface area (Å²) in [4.78, 5) is 6.74. The van der Waals surface area contributed by atoms with Gasteiger partial charge in [-0.15, -0.1) is 0 Å². The predicted molar refractivity (Wildman–Crippen MR) is 92.6 cm³/mol. The number of rotatable bonds is 2. The quantitative estimate of drug-likeness (QED) is 0.289. The molecule has 23 heavy (non-hydrogen) atoms. The molecule has 0 aliphatic carbocycles. The average molecular weight is 611 g/mol. The van der Waals surface area contributed by atoms with Crippen LogP contribution in [0.1, 0.15) is 11.1 Å². The first-order valence-electron chi connectivity index (χ1n) is 6.29. The van der Waals surface area contributed by atoms with Gasteiger partial charge in [0.15, 0.2) is 0 Å². The molecule has 0 unspecified atom stereocenters. The number of allylic oxidation sites excluding steroid dienone is 1. The molecule has 0 spiro atoms. The number of hydrogen-bond acceptors (Lipinski definition) is 1. The summed E-state index contributed by atoms with van der Waals surface area (Å²) >= 11 is 5.42. The topological polar surface area (TPSA) is 28.1 Å². The normalized spacial score (nSPS) is 10.2. The molecule has 0 fully saturated rings. The molecule has 2 rings (SSSR count). The van der Waals surface area contributed by atoms with Crippen molar-refractivity contribution in [3.8, 4) is 6.07 Å². The first-order chi connectivity index (χ1) is 10.8. The van der Waals surface area contributed by atoms with Gasteiger partial charge in [-0.2, -0.15) is 0 Å². The third-order valence-electron chi connectivity index (χ3n) is 2.62. The van der Waals surface area contributed by atoms with E-state index < -0.39 is 0 Å². The van der Waals surface area contributed by atoms with Gasteiger partial charge in [-0.1, -0.05) is 0 Å². The van der Waals surface area contributed by atoms with Crippen LogP contribution in [0, 0.1) is 17.9 Å². The van der Waals surface area contributed by atoms with E-state index in [2.05, 4.69) is 42.9 Å². The van der Waals surface area contributed by atoms with E-state index in [1.807, 2.05) is 60.7 Å². The van der Waals surface area contributed by atoms with E-state index >= 15 is 0 Å². The summed E-state index contributed by atoms with van der Waals surface area (Å²) in [5.41, 5.74) is 3.24. The molecule has 0 N–H and O–H groups in total. The van der Waals surface area contributed by atoms with E-state index in [4.69, 9.17) is 11.8 Å². The Labute approximate surface area is 169 Å². The van der Waals surface area contributed by atoms with Crippen LogP contribution in [0.3, 0.4) is 0 Å². The molecular formula is C18H12AuN2Se2. The van der Waals surface area contributed by atoms with E-state index in [0.717, 1.165) is 11.1 Å². The number of benzene rings is 2. The van der Waals surface area contributed by atoms with Crippen LogP contribution in [-0.4, -0.2) is 32.0 Å². The first-order valence-corrected chi connectivity index (χ1v) is 8.27. The van der Waals surface area contributed by atoms with Gasteiger partial charge < -0.3 is 0 Å². The molecule has 0 aromatic heterocycles. The van der Waals surface area contributed by atoms with Crippen LogP contribution >= 0.6 is 0 Å². The Bertz CT molecular complexity index is 662. The van der Waals surface area contributed by atoms with Crippen molar-refractivity contribution in [2.24, 2.45) is 0 Å². The molecule has 0 heterocycles. The van der Waals surface area contributed by atoms with E-state index in [9.17, 15) is 0 Å². The fourth-order valence-corrected chi connectivity index (χ4v) is 2.34. The zero-order valence-corrected chi connectivity index (χ0v) is 17.5. The molecule has 5 heteroatoms. The van der Waals surface area contributed by atoms with Crippen molar-refractivity contribution < 1.29 is 22.4 Å². The van der Waals surface area contributed by atoms with E-state index in [0.29, 0.717) is 11.3 Å². The zero-order valence-electron chi connectivity index (χ0n) is 11.9. The third-order valence-corrected chi connectivity index (χ3v) is 3.59. The van der Waals surface area contributed by atoms with Gasteiger partial charge in [-0.05, 0) is 0 Å². The van der Waals surface area contributed by atoms with Gasteiger partial charge in [0.1, 0.15) is 0 Å². The number of hydrogen-bond donors (Lipinski definition) is 0. The Morgan fingerprint density at radius 1 is 0.913 bits per heavy atom. The fraction of sp³-hybridized carbons (Fsp3) is 0. The van der Waals surface area contributed by atoms with Crippen molar-refractivity contribution in [1.82, 2.24) is 0 Å². The average Bonchev–Trinajstić information content (AvgIpc) is 2.60. The molecular weight excluding hydrogens is 599 g/mol. The molecule has 0 atom stereocenters. The summed E-state index contributed by atoms with van der Waals surface area (Å²) in [6, 6.07) is 21.3. The maximum absolute atomic E-state index is 8.64. The van der Waals surface area contributed by atoms with Crippen molar-refractivity contribution in [2.45, 2.75) is 0 Å². The Morgan fingerprint density at radius 2 is 1.39 bits per heavy atom. The minimum atomic E-state index is 0. The third kappa shape index (κ3) is 7.67. The Balaban J connectivity index is 0.000000403. The monoisotopic (exact) mass is 613 g/mol. The second kappa shape index (κ2) is 13.1. The van der Waals surface area contributed by atoms with Crippen LogP contribution in [0.25, 0.3) is 16.1 Å². The van der Waals surface area contributed by atoms with Gasteiger partial charge >= 0.3 is 148 Å². The van der Waals surface area contributed by atoms with E-state index in [1.165, 1.54) is 0 Å². The summed E-state index contributed by atoms with van der Waals surface area (Å²) in [6.07, 6.45) is 0. The van der Waals surface area contributed by atoms with Crippen molar-refractivity contribution in [3.05, 3.63) is 93.2 Å². The molecule has 2 nitrogen and oxygen atoms in total. The summed E-state index contributed by atoms with van der Waals surface area (Å²) in [6.45, 7) is 6.83. The second-order valence-electron chi connectivity index (χ2n) is 3.99. The second-order valence-corrected chi connectivity index (χ2v) is 4.98. The molecule has 2 aromatic carbocycles. The van der Waals surface area contributed by atoms with Gasteiger partial charge in [0.2, 0.25) is 0 Å². The van der Waals surface area contributed by atoms with Gasteiger partial charge in [0.05, 0.1) is 0 Å². The fourth-order valence-electron chi connectivity index (χ4n) is 1.54. The summed E-state index contributed by atoms with van der Waals surface area (Å²) in [5.74, 6) is 0. The Kier molecular flexibility index (Phi) is 12.4. The molecule has 0 saturated heterocycles. The summed E-state index contributed by atoms with van der Waals surface area (Å²) in [5, 5.41) is 8.64. The van der Waals surface area contributed by atoms with Gasteiger partial charge in [0, 0.05) is 22.4 Å². The van der Waals surface area contributed by atoms with Crippen LogP contribution in [0.4, 0.5) is 0 Å². The molecule has 0 saturated carbocycles. The first kappa shape index (κ1) is 21.7. The summed E-state index contributed by atoms with van der Waals surface area (Å²) < 4.78 is 0. The predicted octanol–water partition coefficient (Wildman–Crippen LogP) is 3.79. The van der Waals surface area contributed by atoms with Crippen molar-refractivity contribution in [1.29, 1.82) is 5.26 Å². The zero-order chi connectivity index (χ0) is 16.2. The van der Waals surface area contributed by atoms with Crippen molar-refractivity contribution in [3.63, 3.8) is 0 Å². The summed E-state index contributed by atoms with van der Waals surface area (Å²) in [7, 11) is 0. The van der Waals surface area contributed by atoms with Crippen LogP contribution in [-0.2, 0) is 22.4 Å².